The third-order valence-corrected chi connectivity index (χ3v) is 4.88. The minimum atomic E-state index is 0.0140. The van der Waals surface area contributed by atoms with Gasteiger partial charge in [-0.3, -0.25) is 4.79 Å². The van der Waals surface area contributed by atoms with Crippen LogP contribution in [0.2, 0.25) is 0 Å². The van der Waals surface area contributed by atoms with E-state index in [1.54, 1.807) is 6.07 Å². The Hall–Kier alpha value is -1.51. The van der Waals surface area contributed by atoms with E-state index in [-0.39, 0.29) is 11.9 Å². The number of nitrogens with one attached hydrogen (secondary N) is 1. The summed E-state index contributed by atoms with van der Waals surface area (Å²) < 4.78 is 0. The number of carbonyl (C=O) groups excluding carboxylic acids is 1. The molecule has 110 valence electrons. The summed E-state index contributed by atoms with van der Waals surface area (Å²) in [6, 6.07) is 4.07. The van der Waals surface area contributed by atoms with Crippen molar-refractivity contribution in [1.29, 1.82) is 0 Å². The molecule has 1 aromatic carbocycles. The van der Waals surface area contributed by atoms with Gasteiger partial charge in [-0.2, -0.15) is 0 Å². The monoisotopic (exact) mass is 274 g/mol. The summed E-state index contributed by atoms with van der Waals surface area (Å²) in [6.45, 7) is 8.45. The molecule has 1 fully saturated rings. The molecule has 1 aliphatic carbocycles. The zero-order valence-corrected chi connectivity index (χ0v) is 13.0. The number of anilines is 1. The summed E-state index contributed by atoms with van der Waals surface area (Å²) in [5.74, 6) is 1.23. The Morgan fingerprint density at radius 3 is 2.60 bits per heavy atom. The van der Waals surface area contributed by atoms with Crippen molar-refractivity contribution in [3.05, 3.63) is 28.8 Å². The minimum Gasteiger partial charge on any atom is -0.398 e. The van der Waals surface area contributed by atoms with Crippen molar-refractivity contribution in [2.24, 2.45) is 11.8 Å². The summed E-state index contributed by atoms with van der Waals surface area (Å²) in [4.78, 5) is 12.5. The normalized spacial score (nSPS) is 26.3. The lowest BCUT2D eigenvalue weighted by Crippen LogP contribution is -2.43. The second-order valence-corrected chi connectivity index (χ2v) is 6.37. The van der Waals surface area contributed by atoms with E-state index in [2.05, 4.69) is 19.2 Å². The number of aryl methyl sites for hydroxylation is 2. The van der Waals surface area contributed by atoms with Crippen molar-refractivity contribution >= 4 is 11.6 Å². The summed E-state index contributed by atoms with van der Waals surface area (Å²) in [6.07, 6.45) is 3.55. The average molecular weight is 274 g/mol. The first-order chi connectivity index (χ1) is 9.40. The summed E-state index contributed by atoms with van der Waals surface area (Å²) >= 11 is 0. The van der Waals surface area contributed by atoms with Crippen molar-refractivity contribution in [3.63, 3.8) is 0 Å². The molecule has 1 saturated carbocycles. The number of rotatable bonds is 2. The van der Waals surface area contributed by atoms with Gasteiger partial charge in [-0.1, -0.05) is 32.8 Å². The smallest absolute Gasteiger partial charge is 0.251 e. The van der Waals surface area contributed by atoms with Crippen LogP contribution in [0.3, 0.4) is 0 Å². The van der Waals surface area contributed by atoms with E-state index in [9.17, 15) is 4.79 Å². The van der Waals surface area contributed by atoms with Gasteiger partial charge in [0.05, 0.1) is 0 Å². The Morgan fingerprint density at radius 1 is 1.20 bits per heavy atom. The summed E-state index contributed by atoms with van der Waals surface area (Å²) in [7, 11) is 0. The van der Waals surface area contributed by atoms with Crippen LogP contribution >= 0.6 is 0 Å². The first kappa shape index (κ1) is 14.9. The number of benzene rings is 1. The predicted octanol–water partition coefficient (Wildman–Crippen LogP) is 3.44. The van der Waals surface area contributed by atoms with Gasteiger partial charge < -0.3 is 11.1 Å². The zero-order valence-electron chi connectivity index (χ0n) is 13.0. The lowest BCUT2D eigenvalue weighted by Gasteiger charge is -2.34. The molecule has 3 unspecified atom stereocenters. The van der Waals surface area contributed by atoms with Crippen LogP contribution in [0.5, 0.6) is 0 Å². The van der Waals surface area contributed by atoms with E-state index in [1.165, 1.54) is 12.8 Å². The third-order valence-electron chi connectivity index (χ3n) is 4.88. The van der Waals surface area contributed by atoms with Gasteiger partial charge in [0, 0.05) is 17.3 Å². The number of hydrogen-bond acceptors (Lipinski definition) is 2. The highest BCUT2D eigenvalue weighted by molar-refractivity contribution is 5.97. The fraction of sp³-hybridized carbons (Fsp3) is 0.588. The zero-order chi connectivity index (χ0) is 14.9. The fourth-order valence-corrected chi connectivity index (χ4v) is 3.15. The second kappa shape index (κ2) is 5.86. The van der Waals surface area contributed by atoms with Crippen molar-refractivity contribution in [3.8, 4) is 0 Å². The SMILES string of the molecule is Cc1cc(C)c(C(=O)NC2CCCC(C)C2C)cc1N. The van der Waals surface area contributed by atoms with Gasteiger partial charge in [0.1, 0.15) is 0 Å². The van der Waals surface area contributed by atoms with Crippen LogP contribution in [-0.2, 0) is 0 Å². The molecule has 0 saturated heterocycles. The molecule has 3 heteroatoms. The molecule has 3 atom stereocenters. The van der Waals surface area contributed by atoms with Crippen LogP contribution in [0.25, 0.3) is 0 Å². The maximum Gasteiger partial charge on any atom is 0.251 e. The van der Waals surface area contributed by atoms with Crippen LogP contribution in [0.15, 0.2) is 12.1 Å². The molecule has 0 aromatic heterocycles. The average Bonchev–Trinajstić information content (AvgIpc) is 2.39. The van der Waals surface area contributed by atoms with Gasteiger partial charge >= 0.3 is 0 Å². The molecule has 0 radical (unpaired) electrons. The molecule has 0 bridgehead atoms. The van der Waals surface area contributed by atoms with Gasteiger partial charge in [0.15, 0.2) is 0 Å². The Kier molecular flexibility index (Phi) is 4.36. The van der Waals surface area contributed by atoms with Gasteiger partial charge in [0.25, 0.3) is 5.91 Å². The van der Waals surface area contributed by atoms with Gasteiger partial charge in [-0.15, -0.1) is 0 Å². The molecule has 0 spiro atoms. The van der Waals surface area contributed by atoms with Gasteiger partial charge in [-0.25, -0.2) is 0 Å². The van der Waals surface area contributed by atoms with Crippen LogP contribution in [0.4, 0.5) is 5.69 Å². The topological polar surface area (TPSA) is 55.1 Å². The maximum absolute atomic E-state index is 12.5. The van der Waals surface area contributed by atoms with E-state index in [0.717, 1.165) is 17.5 Å². The Balaban J connectivity index is 2.14. The highest BCUT2D eigenvalue weighted by atomic mass is 16.1. The Labute approximate surface area is 121 Å². The van der Waals surface area contributed by atoms with Crippen molar-refractivity contribution in [1.82, 2.24) is 5.32 Å². The van der Waals surface area contributed by atoms with Crippen molar-refractivity contribution in [2.45, 2.75) is 53.0 Å². The van der Waals surface area contributed by atoms with Crippen LogP contribution in [0.1, 0.15) is 54.6 Å². The summed E-state index contributed by atoms with van der Waals surface area (Å²) in [5.41, 5.74) is 9.34. The molecular formula is C17H26N2O. The van der Waals surface area contributed by atoms with Gasteiger partial charge in [-0.05, 0) is 49.3 Å². The number of amides is 1. The standard InChI is InChI=1S/C17H26N2O/c1-10-6-5-7-16(13(10)4)19-17(20)14-9-15(18)12(3)8-11(14)2/h8-10,13,16H,5-7,18H2,1-4H3,(H,19,20). The first-order valence-electron chi connectivity index (χ1n) is 7.57. The lowest BCUT2D eigenvalue weighted by molar-refractivity contribution is 0.0890. The molecule has 3 N–H and O–H groups in total. The highest BCUT2D eigenvalue weighted by Gasteiger charge is 2.28. The Bertz CT molecular complexity index is 510. The first-order valence-corrected chi connectivity index (χ1v) is 7.57. The van der Waals surface area contributed by atoms with E-state index >= 15 is 0 Å². The number of nitrogens with two attached hydrogens (primary N) is 1. The van der Waals surface area contributed by atoms with Crippen molar-refractivity contribution in [2.75, 3.05) is 5.73 Å². The highest BCUT2D eigenvalue weighted by Crippen LogP contribution is 2.30. The predicted molar refractivity (Wildman–Crippen MR) is 83.8 cm³/mol. The molecule has 1 amide bonds. The van der Waals surface area contributed by atoms with E-state index < -0.39 is 0 Å². The second-order valence-electron chi connectivity index (χ2n) is 6.37. The quantitative estimate of drug-likeness (QED) is 0.812. The van der Waals surface area contributed by atoms with Crippen LogP contribution < -0.4 is 11.1 Å². The van der Waals surface area contributed by atoms with Gasteiger partial charge in [0.2, 0.25) is 0 Å². The molecule has 0 aliphatic heterocycles. The Morgan fingerprint density at radius 2 is 1.90 bits per heavy atom. The minimum absolute atomic E-state index is 0.0140. The molecule has 0 heterocycles. The number of nitrogen functional groups attached to an aromatic ring is 1. The molecule has 1 aromatic rings. The van der Waals surface area contributed by atoms with Crippen LogP contribution in [0, 0.1) is 25.7 Å². The maximum atomic E-state index is 12.5. The van der Waals surface area contributed by atoms with E-state index in [1.807, 2.05) is 19.9 Å². The summed E-state index contributed by atoms with van der Waals surface area (Å²) in [5, 5.41) is 3.21. The van der Waals surface area contributed by atoms with Crippen LogP contribution in [-0.4, -0.2) is 11.9 Å². The molecule has 1 aliphatic rings. The molecule has 3 nitrogen and oxygen atoms in total. The largest absolute Gasteiger partial charge is 0.398 e. The van der Waals surface area contributed by atoms with Crippen molar-refractivity contribution < 1.29 is 4.79 Å². The van der Waals surface area contributed by atoms with E-state index in [4.69, 9.17) is 5.73 Å². The molecule has 20 heavy (non-hydrogen) atoms. The number of carbonyl (C=O) groups is 1. The number of hydrogen-bond donors (Lipinski definition) is 2. The fourth-order valence-electron chi connectivity index (χ4n) is 3.15. The van der Waals surface area contributed by atoms with E-state index in [0.29, 0.717) is 23.1 Å². The molecule has 2 rings (SSSR count). The third kappa shape index (κ3) is 2.97. The lowest BCUT2D eigenvalue weighted by atomic mass is 9.78. The molecular weight excluding hydrogens is 248 g/mol.